The SMILES string of the molecule is COC(=O)C1=C/C(=N/O)CCN1. The van der Waals surface area contributed by atoms with Gasteiger partial charge in [-0.15, -0.1) is 0 Å². The molecule has 1 heterocycles. The number of methoxy groups -OCH3 is 1. The fraction of sp³-hybridized carbons (Fsp3) is 0.429. The zero-order valence-corrected chi connectivity index (χ0v) is 6.70. The average Bonchev–Trinajstić information content (AvgIpc) is 2.17. The maximum atomic E-state index is 10.9. The predicted octanol–water partition coefficient (Wildman–Crippen LogP) is -0.133. The number of ether oxygens (including phenoxy) is 1. The molecule has 1 aliphatic rings. The van der Waals surface area contributed by atoms with Gasteiger partial charge in [0.05, 0.1) is 12.8 Å². The van der Waals surface area contributed by atoms with Crippen molar-refractivity contribution in [2.75, 3.05) is 13.7 Å². The van der Waals surface area contributed by atoms with E-state index in [9.17, 15) is 4.79 Å². The zero-order chi connectivity index (χ0) is 8.97. The lowest BCUT2D eigenvalue weighted by Crippen LogP contribution is -2.29. The van der Waals surface area contributed by atoms with Gasteiger partial charge >= 0.3 is 5.97 Å². The molecule has 5 nitrogen and oxygen atoms in total. The third kappa shape index (κ3) is 1.75. The molecule has 0 amide bonds. The summed E-state index contributed by atoms with van der Waals surface area (Å²) < 4.78 is 4.48. The number of nitrogens with one attached hydrogen (secondary N) is 1. The first-order valence-electron chi connectivity index (χ1n) is 3.52. The van der Waals surface area contributed by atoms with Crippen LogP contribution in [-0.4, -0.2) is 30.5 Å². The Bertz CT molecular complexity index is 245. The Morgan fingerprint density at radius 3 is 3.17 bits per heavy atom. The molecule has 0 bridgehead atoms. The molecule has 0 aromatic heterocycles. The molecule has 0 radical (unpaired) electrons. The van der Waals surface area contributed by atoms with Gasteiger partial charge in [0.2, 0.25) is 0 Å². The van der Waals surface area contributed by atoms with Crippen molar-refractivity contribution >= 4 is 11.7 Å². The van der Waals surface area contributed by atoms with Crippen LogP contribution in [0, 0.1) is 0 Å². The predicted molar refractivity (Wildman–Crippen MR) is 41.9 cm³/mol. The molecule has 1 aliphatic heterocycles. The Morgan fingerprint density at radius 2 is 2.58 bits per heavy atom. The largest absolute Gasteiger partial charge is 0.464 e. The molecule has 0 saturated carbocycles. The van der Waals surface area contributed by atoms with Crippen LogP contribution in [0.4, 0.5) is 0 Å². The number of carbonyl (C=O) groups is 1. The summed E-state index contributed by atoms with van der Waals surface area (Å²) in [7, 11) is 1.30. The molecule has 12 heavy (non-hydrogen) atoms. The van der Waals surface area contributed by atoms with E-state index >= 15 is 0 Å². The fourth-order valence-electron chi connectivity index (χ4n) is 0.935. The minimum Gasteiger partial charge on any atom is -0.464 e. The second kappa shape index (κ2) is 3.75. The molecule has 2 N–H and O–H groups in total. The fourth-order valence-corrected chi connectivity index (χ4v) is 0.935. The van der Waals surface area contributed by atoms with Gasteiger partial charge in [0, 0.05) is 13.0 Å². The van der Waals surface area contributed by atoms with Crippen molar-refractivity contribution < 1.29 is 14.7 Å². The summed E-state index contributed by atoms with van der Waals surface area (Å²) in [4.78, 5) is 10.9. The van der Waals surface area contributed by atoms with Crippen LogP contribution in [0.15, 0.2) is 16.9 Å². The Kier molecular flexibility index (Phi) is 2.68. The molecular formula is C7H10N2O3. The average molecular weight is 170 g/mol. The quantitative estimate of drug-likeness (QED) is 0.326. The number of nitrogens with zero attached hydrogens (tertiary/aromatic N) is 1. The summed E-state index contributed by atoms with van der Waals surface area (Å²) in [5.41, 5.74) is 0.811. The summed E-state index contributed by atoms with van der Waals surface area (Å²) in [6, 6.07) is 0. The molecule has 0 atom stereocenters. The Balaban J connectivity index is 2.77. The lowest BCUT2D eigenvalue weighted by atomic mass is 10.1. The van der Waals surface area contributed by atoms with Crippen LogP contribution in [0.1, 0.15) is 6.42 Å². The highest BCUT2D eigenvalue weighted by molar-refractivity contribution is 6.02. The van der Waals surface area contributed by atoms with Gasteiger partial charge in [-0.2, -0.15) is 0 Å². The molecule has 0 spiro atoms. The maximum Gasteiger partial charge on any atom is 0.354 e. The number of rotatable bonds is 1. The van der Waals surface area contributed by atoms with Gasteiger partial charge in [-0.25, -0.2) is 4.79 Å². The van der Waals surface area contributed by atoms with Crippen LogP contribution in [0.5, 0.6) is 0 Å². The number of oxime groups is 1. The second-order valence-electron chi connectivity index (χ2n) is 2.32. The number of allylic oxidation sites excluding steroid dienone is 1. The summed E-state index contributed by atoms with van der Waals surface area (Å²) >= 11 is 0. The third-order valence-electron chi connectivity index (χ3n) is 1.54. The molecule has 5 heteroatoms. The van der Waals surface area contributed by atoms with Crippen molar-refractivity contribution in [3.63, 3.8) is 0 Å². The van der Waals surface area contributed by atoms with Crippen molar-refractivity contribution in [2.45, 2.75) is 6.42 Å². The van der Waals surface area contributed by atoms with E-state index < -0.39 is 5.97 Å². The van der Waals surface area contributed by atoms with Gasteiger partial charge in [0.25, 0.3) is 0 Å². The van der Waals surface area contributed by atoms with Crippen LogP contribution >= 0.6 is 0 Å². The maximum absolute atomic E-state index is 10.9. The molecule has 0 saturated heterocycles. The minimum atomic E-state index is -0.448. The summed E-state index contributed by atoms with van der Waals surface area (Å²) in [5, 5.41) is 14.3. The van der Waals surface area contributed by atoms with Gasteiger partial charge in [-0.3, -0.25) is 0 Å². The number of carbonyl (C=O) groups excluding carboxylic acids is 1. The van der Waals surface area contributed by atoms with Crippen LogP contribution in [0.25, 0.3) is 0 Å². The van der Waals surface area contributed by atoms with Crippen molar-refractivity contribution in [1.29, 1.82) is 0 Å². The molecule has 0 aliphatic carbocycles. The Labute approximate surface area is 69.7 Å². The first kappa shape index (κ1) is 8.58. The van der Waals surface area contributed by atoms with Crippen molar-refractivity contribution in [2.24, 2.45) is 5.16 Å². The van der Waals surface area contributed by atoms with Crippen LogP contribution in [-0.2, 0) is 9.53 Å². The Hall–Kier alpha value is -1.52. The van der Waals surface area contributed by atoms with Crippen LogP contribution in [0.2, 0.25) is 0 Å². The van der Waals surface area contributed by atoms with Gasteiger partial charge in [-0.1, -0.05) is 5.16 Å². The molecule has 0 aromatic rings. The number of hydrogen-bond donors (Lipinski definition) is 2. The lowest BCUT2D eigenvalue weighted by Gasteiger charge is -2.13. The first-order chi connectivity index (χ1) is 5.77. The van der Waals surface area contributed by atoms with Gasteiger partial charge < -0.3 is 15.3 Å². The van der Waals surface area contributed by atoms with E-state index in [0.29, 0.717) is 24.4 Å². The van der Waals surface area contributed by atoms with E-state index in [0.717, 1.165) is 0 Å². The Morgan fingerprint density at radius 1 is 1.83 bits per heavy atom. The highest BCUT2D eigenvalue weighted by Crippen LogP contribution is 2.02. The minimum absolute atomic E-state index is 0.330. The molecule has 1 rings (SSSR count). The van der Waals surface area contributed by atoms with E-state index in [1.165, 1.54) is 13.2 Å². The van der Waals surface area contributed by atoms with E-state index in [1.54, 1.807) is 0 Å². The number of hydrogen-bond acceptors (Lipinski definition) is 5. The highest BCUT2D eigenvalue weighted by Gasteiger charge is 2.14. The second-order valence-corrected chi connectivity index (χ2v) is 2.32. The molecule has 0 fully saturated rings. The lowest BCUT2D eigenvalue weighted by molar-refractivity contribution is -0.136. The highest BCUT2D eigenvalue weighted by atomic mass is 16.5. The summed E-state index contributed by atoms with van der Waals surface area (Å²) in [5.74, 6) is -0.448. The molecule has 66 valence electrons. The topological polar surface area (TPSA) is 70.9 Å². The van der Waals surface area contributed by atoms with E-state index in [2.05, 4.69) is 15.2 Å². The van der Waals surface area contributed by atoms with E-state index in [1.807, 2.05) is 0 Å². The summed E-state index contributed by atoms with van der Waals surface area (Å²) in [6.07, 6.45) is 2.08. The molecule has 0 unspecified atom stereocenters. The third-order valence-corrected chi connectivity index (χ3v) is 1.54. The first-order valence-corrected chi connectivity index (χ1v) is 3.52. The van der Waals surface area contributed by atoms with Crippen molar-refractivity contribution in [1.82, 2.24) is 5.32 Å². The van der Waals surface area contributed by atoms with Crippen LogP contribution in [0.3, 0.4) is 0 Å². The van der Waals surface area contributed by atoms with E-state index in [4.69, 9.17) is 5.21 Å². The van der Waals surface area contributed by atoms with Crippen molar-refractivity contribution in [3.8, 4) is 0 Å². The normalized spacial score (nSPS) is 19.8. The summed E-state index contributed by atoms with van der Waals surface area (Å²) in [6.45, 7) is 0.584. The smallest absolute Gasteiger partial charge is 0.354 e. The number of esters is 1. The van der Waals surface area contributed by atoms with Crippen LogP contribution < -0.4 is 5.32 Å². The van der Waals surface area contributed by atoms with Gasteiger partial charge in [0.15, 0.2) is 0 Å². The van der Waals surface area contributed by atoms with Crippen molar-refractivity contribution in [3.05, 3.63) is 11.8 Å². The van der Waals surface area contributed by atoms with Gasteiger partial charge in [0.1, 0.15) is 5.70 Å². The standard InChI is InChI=1S/C7H10N2O3/c1-12-7(10)6-4-5(9-11)2-3-8-6/h4,8,11H,2-3H2,1H3/b9-5+. The zero-order valence-electron chi connectivity index (χ0n) is 6.70. The monoisotopic (exact) mass is 170 g/mol. The van der Waals surface area contributed by atoms with E-state index in [-0.39, 0.29) is 0 Å². The molecule has 0 aromatic carbocycles. The van der Waals surface area contributed by atoms with Gasteiger partial charge in [-0.05, 0) is 6.08 Å². The molecular weight excluding hydrogens is 160 g/mol.